The Morgan fingerprint density at radius 3 is 0.742 bits per heavy atom. The lowest BCUT2D eigenvalue weighted by Gasteiger charge is -2.16. The van der Waals surface area contributed by atoms with Crippen LogP contribution in [0.3, 0.4) is 0 Å². The summed E-state index contributed by atoms with van der Waals surface area (Å²) in [4.78, 5) is 2.58. The molecule has 190 valence electrons. The number of nitrogens with zero attached hydrogens (tertiary/aromatic N) is 1. The normalized spacial score (nSPS) is 11.2. The summed E-state index contributed by atoms with van der Waals surface area (Å²) in [7, 11) is 2.33. The second-order valence-corrected chi connectivity index (χ2v) is 10.1. The van der Waals surface area contributed by atoms with Crippen molar-refractivity contribution in [3.63, 3.8) is 0 Å². The Balaban J connectivity index is 0. The summed E-state index contributed by atoms with van der Waals surface area (Å²) in [6, 6.07) is 0. The number of halogens is 1. The highest BCUT2D eigenvalue weighted by molar-refractivity contribution is 5.85. The van der Waals surface area contributed by atoms with Gasteiger partial charge in [-0.15, -0.1) is 12.4 Å². The lowest BCUT2D eigenvalue weighted by molar-refractivity contribution is 0.314. The van der Waals surface area contributed by atoms with E-state index in [-0.39, 0.29) is 12.4 Å². The first-order valence-electron chi connectivity index (χ1n) is 14.5. The summed E-state index contributed by atoms with van der Waals surface area (Å²) in [6.07, 6.45) is 34.9. The molecule has 0 aliphatic heterocycles. The Bertz CT molecular complexity index is 266. The highest BCUT2D eigenvalue weighted by Crippen LogP contribution is 2.13. The van der Waals surface area contributed by atoms with Crippen LogP contribution in [0.15, 0.2) is 0 Å². The van der Waals surface area contributed by atoms with Crippen molar-refractivity contribution in [3.8, 4) is 0 Å². The molecule has 0 aliphatic carbocycles. The molecule has 0 spiro atoms. The summed E-state index contributed by atoms with van der Waals surface area (Å²) >= 11 is 0. The van der Waals surface area contributed by atoms with Crippen molar-refractivity contribution < 1.29 is 0 Å². The van der Waals surface area contributed by atoms with Gasteiger partial charge in [-0.25, -0.2) is 0 Å². The number of hydrogen-bond donors (Lipinski definition) is 0. The van der Waals surface area contributed by atoms with Gasteiger partial charge < -0.3 is 4.90 Å². The Morgan fingerprint density at radius 1 is 0.323 bits per heavy atom. The molecule has 0 N–H and O–H groups in total. The summed E-state index contributed by atoms with van der Waals surface area (Å²) in [6.45, 7) is 7.24. The van der Waals surface area contributed by atoms with Gasteiger partial charge in [0.2, 0.25) is 0 Å². The van der Waals surface area contributed by atoms with Gasteiger partial charge >= 0.3 is 0 Å². The van der Waals surface area contributed by atoms with Crippen molar-refractivity contribution in [2.75, 3.05) is 20.1 Å². The van der Waals surface area contributed by atoms with Crippen LogP contribution < -0.4 is 0 Å². The van der Waals surface area contributed by atoms with Crippen LogP contribution in [0, 0.1) is 0 Å². The highest BCUT2D eigenvalue weighted by atomic mass is 35.5. The molecule has 0 aromatic heterocycles. The molecule has 0 bridgehead atoms. The van der Waals surface area contributed by atoms with Crippen molar-refractivity contribution in [2.45, 2.75) is 168 Å². The molecule has 0 fully saturated rings. The SMILES string of the molecule is CCCCCCCCCCCCCCN(C)CCCCCCCCCCCCCC.Cl. The van der Waals surface area contributed by atoms with Crippen molar-refractivity contribution in [1.82, 2.24) is 4.90 Å². The first-order chi connectivity index (χ1) is 14.8. The highest BCUT2D eigenvalue weighted by Gasteiger charge is 1.99. The predicted octanol–water partition coefficient (Wildman–Crippen LogP) is 10.7. The third kappa shape index (κ3) is 30.2. The molecule has 0 rings (SSSR count). The summed E-state index contributed by atoms with van der Waals surface area (Å²) in [5.74, 6) is 0. The molecule has 2 heteroatoms. The Morgan fingerprint density at radius 2 is 0.516 bits per heavy atom. The van der Waals surface area contributed by atoms with E-state index in [0.717, 1.165) is 0 Å². The van der Waals surface area contributed by atoms with E-state index in [1.807, 2.05) is 0 Å². The molecule has 0 atom stereocenters. The molecular formula is C29H62ClN. The number of hydrogen-bond acceptors (Lipinski definition) is 1. The molecule has 1 nitrogen and oxygen atoms in total. The Labute approximate surface area is 205 Å². The topological polar surface area (TPSA) is 3.24 Å². The second-order valence-electron chi connectivity index (χ2n) is 10.1. The van der Waals surface area contributed by atoms with Crippen molar-refractivity contribution in [3.05, 3.63) is 0 Å². The minimum absolute atomic E-state index is 0. The van der Waals surface area contributed by atoms with Crippen LogP contribution in [-0.4, -0.2) is 25.0 Å². The van der Waals surface area contributed by atoms with Gasteiger partial charge in [0.05, 0.1) is 0 Å². The van der Waals surface area contributed by atoms with E-state index >= 15 is 0 Å². The maximum atomic E-state index is 2.58. The minimum atomic E-state index is 0. The van der Waals surface area contributed by atoms with Crippen LogP contribution in [-0.2, 0) is 0 Å². The first kappa shape index (κ1) is 33.4. The summed E-state index contributed by atoms with van der Waals surface area (Å²) < 4.78 is 0. The van der Waals surface area contributed by atoms with Crippen LogP contribution in [0.5, 0.6) is 0 Å². The van der Waals surface area contributed by atoms with E-state index in [9.17, 15) is 0 Å². The molecule has 0 unspecified atom stereocenters. The maximum absolute atomic E-state index is 2.58. The third-order valence-electron chi connectivity index (χ3n) is 6.79. The van der Waals surface area contributed by atoms with E-state index < -0.39 is 0 Å². The average molecular weight is 460 g/mol. The van der Waals surface area contributed by atoms with Crippen LogP contribution in [0.4, 0.5) is 0 Å². The quantitative estimate of drug-likeness (QED) is 0.116. The molecule has 0 saturated carbocycles. The fourth-order valence-electron chi connectivity index (χ4n) is 4.56. The largest absolute Gasteiger partial charge is 0.306 e. The second kappa shape index (κ2) is 30.2. The standard InChI is InChI=1S/C29H61N.ClH/c1-4-6-8-10-12-14-16-18-20-22-24-26-28-30(3)29-27-25-23-21-19-17-15-13-11-9-7-5-2;/h4-29H2,1-3H3;1H. The number of rotatable bonds is 26. The molecule has 0 heterocycles. The van der Waals surface area contributed by atoms with Crippen LogP contribution in [0.2, 0.25) is 0 Å². The molecule has 0 aliphatic rings. The fourth-order valence-corrected chi connectivity index (χ4v) is 4.56. The van der Waals surface area contributed by atoms with Gasteiger partial charge in [0, 0.05) is 0 Å². The van der Waals surface area contributed by atoms with Gasteiger partial charge in [0.15, 0.2) is 0 Å². The van der Waals surface area contributed by atoms with Gasteiger partial charge in [0.1, 0.15) is 0 Å². The molecule has 0 aromatic carbocycles. The van der Waals surface area contributed by atoms with Crippen molar-refractivity contribution in [1.29, 1.82) is 0 Å². The van der Waals surface area contributed by atoms with E-state index in [1.54, 1.807) is 0 Å². The van der Waals surface area contributed by atoms with Gasteiger partial charge in [-0.2, -0.15) is 0 Å². The van der Waals surface area contributed by atoms with Gasteiger partial charge in [-0.05, 0) is 33.0 Å². The molecule has 0 radical (unpaired) electrons. The van der Waals surface area contributed by atoms with E-state index in [4.69, 9.17) is 0 Å². The monoisotopic (exact) mass is 459 g/mol. The zero-order valence-corrected chi connectivity index (χ0v) is 23.1. The fraction of sp³-hybridized carbons (Fsp3) is 1.00. The van der Waals surface area contributed by atoms with Gasteiger partial charge in [0.25, 0.3) is 0 Å². The summed E-state index contributed by atoms with van der Waals surface area (Å²) in [5, 5.41) is 0. The molecular weight excluding hydrogens is 398 g/mol. The van der Waals surface area contributed by atoms with Crippen LogP contribution in [0.25, 0.3) is 0 Å². The van der Waals surface area contributed by atoms with Gasteiger partial charge in [-0.3, -0.25) is 0 Å². The lowest BCUT2D eigenvalue weighted by atomic mass is 10.0. The van der Waals surface area contributed by atoms with Crippen LogP contribution >= 0.6 is 12.4 Å². The van der Waals surface area contributed by atoms with Crippen LogP contribution in [0.1, 0.15) is 168 Å². The number of unbranched alkanes of at least 4 members (excludes halogenated alkanes) is 22. The predicted molar refractivity (Wildman–Crippen MR) is 147 cm³/mol. The zero-order valence-electron chi connectivity index (χ0n) is 22.2. The first-order valence-corrected chi connectivity index (χ1v) is 14.5. The molecule has 0 saturated heterocycles. The maximum Gasteiger partial charge on any atom is -0.00218 e. The van der Waals surface area contributed by atoms with Crippen molar-refractivity contribution >= 4 is 12.4 Å². The smallest absolute Gasteiger partial charge is 0.00218 e. The van der Waals surface area contributed by atoms with E-state index in [0.29, 0.717) is 0 Å². The van der Waals surface area contributed by atoms with E-state index in [2.05, 4.69) is 25.8 Å². The third-order valence-corrected chi connectivity index (χ3v) is 6.79. The molecule has 0 amide bonds. The lowest BCUT2D eigenvalue weighted by Crippen LogP contribution is -2.20. The Hall–Kier alpha value is 0.250. The zero-order chi connectivity index (χ0) is 22.0. The van der Waals surface area contributed by atoms with E-state index in [1.165, 1.54) is 167 Å². The molecule has 31 heavy (non-hydrogen) atoms. The average Bonchev–Trinajstić information content (AvgIpc) is 2.75. The minimum Gasteiger partial charge on any atom is -0.306 e. The molecule has 0 aromatic rings. The van der Waals surface area contributed by atoms with Gasteiger partial charge in [-0.1, -0.05) is 155 Å². The Kier molecular flexibility index (Phi) is 32.6. The summed E-state index contributed by atoms with van der Waals surface area (Å²) in [5.41, 5.74) is 0. The van der Waals surface area contributed by atoms with Crippen molar-refractivity contribution in [2.24, 2.45) is 0 Å².